The lowest BCUT2D eigenvalue weighted by Gasteiger charge is -2.07. The highest BCUT2D eigenvalue weighted by atomic mass is 19.1. The Hall–Kier alpha value is -2.49. The van der Waals surface area contributed by atoms with Crippen LogP contribution in [-0.2, 0) is 6.42 Å². The average Bonchev–Trinajstić information content (AvgIpc) is 2.71. The smallest absolute Gasteiger partial charge is 0.267 e. The van der Waals surface area contributed by atoms with E-state index in [2.05, 4.69) is 10.2 Å². The second-order valence-electron chi connectivity index (χ2n) is 4.67. The number of benzene rings is 1. The fourth-order valence-electron chi connectivity index (χ4n) is 2.25. The van der Waals surface area contributed by atoms with Crippen LogP contribution in [0.4, 0.5) is 4.39 Å². The molecular formula is C16H13FN2O. The van der Waals surface area contributed by atoms with Crippen molar-refractivity contribution in [1.29, 1.82) is 0 Å². The Morgan fingerprint density at radius 3 is 2.55 bits per heavy atom. The van der Waals surface area contributed by atoms with Crippen LogP contribution < -0.4 is 5.56 Å². The highest BCUT2D eigenvalue weighted by Crippen LogP contribution is 2.19. The van der Waals surface area contributed by atoms with E-state index in [1.165, 1.54) is 12.1 Å². The maximum atomic E-state index is 12.9. The predicted octanol–water partition coefficient (Wildman–Crippen LogP) is 2.93. The van der Waals surface area contributed by atoms with Crippen LogP contribution in [0.25, 0.3) is 12.2 Å². The first-order chi connectivity index (χ1) is 9.74. The molecule has 3 nitrogen and oxygen atoms in total. The van der Waals surface area contributed by atoms with E-state index < -0.39 is 0 Å². The van der Waals surface area contributed by atoms with Crippen LogP contribution in [0.1, 0.15) is 28.8 Å². The summed E-state index contributed by atoms with van der Waals surface area (Å²) in [5.74, 6) is -0.259. The van der Waals surface area contributed by atoms with Gasteiger partial charge in [0.05, 0.1) is 5.69 Å². The second-order valence-corrected chi connectivity index (χ2v) is 4.67. The molecule has 1 aromatic heterocycles. The van der Waals surface area contributed by atoms with E-state index in [-0.39, 0.29) is 11.4 Å². The molecule has 0 spiro atoms. The molecular weight excluding hydrogens is 255 g/mol. The fourth-order valence-corrected chi connectivity index (χ4v) is 2.25. The molecule has 0 fully saturated rings. The van der Waals surface area contributed by atoms with Crippen LogP contribution in [0, 0.1) is 5.82 Å². The SMILES string of the molecule is O=c1[nH]nc(Cc2ccc(F)cc2)c2c1C=CCC=C2. The normalized spacial score (nSPS) is 13.1. The molecule has 1 aliphatic carbocycles. The summed E-state index contributed by atoms with van der Waals surface area (Å²) in [7, 11) is 0. The van der Waals surface area contributed by atoms with Crippen molar-refractivity contribution in [2.24, 2.45) is 0 Å². The lowest BCUT2D eigenvalue weighted by atomic mass is 10.0. The second kappa shape index (κ2) is 5.25. The number of nitrogens with one attached hydrogen (secondary N) is 1. The van der Waals surface area contributed by atoms with E-state index in [0.29, 0.717) is 12.0 Å². The maximum absolute atomic E-state index is 12.9. The van der Waals surface area contributed by atoms with Crippen molar-refractivity contribution in [3.8, 4) is 0 Å². The van der Waals surface area contributed by atoms with Gasteiger partial charge in [-0.15, -0.1) is 0 Å². The minimum Gasteiger partial charge on any atom is -0.267 e. The average molecular weight is 268 g/mol. The van der Waals surface area contributed by atoms with Crippen molar-refractivity contribution in [3.05, 3.63) is 75.0 Å². The number of aromatic nitrogens is 2. The van der Waals surface area contributed by atoms with E-state index >= 15 is 0 Å². The van der Waals surface area contributed by atoms with Gasteiger partial charge >= 0.3 is 0 Å². The molecule has 0 unspecified atom stereocenters. The number of hydrogen-bond acceptors (Lipinski definition) is 2. The highest BCUT2D eigenvalue weighted by molar-refractivity contribution is 5.68. The van der Waals surface area contributed by atoms with Gasteiger partial charge < -0.3 is 0 Å². The standard InChI is InChI=1S/C16H13FN2O/c17-12-8-6-11(7-9-12)10-15-13-4-2-1-3-5-14(13)16(20)19-18-15/h2-9H,1,10H2,(H,19,20). The molecule has 4 heteroatoms. The summed E-state index contributed by atoms with van der Waals surface area (Å²) in [4.78, 5) is 11.8. The molecule has 0 saturated carbocycles. The number of hydrogen-bond donors (Lipinski definition) is 1. The minimum atomic E-state index is -0.259. The molecule has 1 aromatic carbocycles. The Balaban J connectivity index is 2.04. The molecule has 0 amide bonds. The van der Waals surface area contributed by atoms with Gasteiger partial charge in [0, 0.05) is 17.5 Å². The van der Waals surface area contributed by atoms with Crippen molar-refractivity contribution in [1.82, 2.24) is 10.2 Å². The van der Waals surface area contributed by atoms with Gasteiger partial charge in [0.1, 0.15) is 5.82 Å². The van der Waals surface area contributed by atoms with Crippen LogP contribution >= 0.6 is 0 Å². The van der Waals surface area contributed by atoms with E-state index in [1.807, 2.05) is 24.3 Å². The first kappa shape index (κ1) is 12.5. The lowest BCUT2D eigenvalue weighted by molar-refractivity contribution is 0.627. The summed E-state index contributed by atoms with van der Waals surface area (Å²) < 4.78 is 12.9. The number of H-pyrrole nitrogens is 1. The number of rotatable bonds is 2. The van der Waals surface area contributed by atoms with Gasteiger partial charge in [0.15, 0.2) is 0 Å². The summed E-state index contributed by atoms with van der Waals surface area (Å²) in [6, 6.07) is 6.31. The van der Waals surface area contributed by atoms with Gasteiger partial charge in [0.2, 0.25) is 0 Å². The Labute approximate surface area is 115 Å². The summed E-state index contributed by atoms with van der Waals surface area (Å²) in [6.45, 7) is 0. The molecule has 3 rings (SSSR count). The van der Waals surface area contributed by atoms with Crippen molar-refractivity contribution >= 4 is 12.2 Å². The van der Waals surface area contributed by atoms with Gasteiger partial charge in [-0.05, 0) is 24.1 Å². The molecule has 0 bridgehead atoms. The Bertz CT molecular complexity index is 742. The summed E-state index contributed by atoms with van der Waals surface area (Å²) in [6.07, 6.45) is 9.04. The fraction of sp³-hybridized carbons (Fsp3) is 0.125. The predicted molar refractivity (Wildman–Crippen MR) is 76.7 cm³/mol. The Morgan fingerprint density at radius 1 is 1.10 bits per heavy atom. The summed E-state index contributed by atoms with van der Waals surface area (Å²) in [5, 5.41) is 6.66. The largest absolute Gasteiger partial charge is 0.272 e. The molecule has 0 saturated heterocycles. The Kier molecular flexibility index (Phi) is 3.29. The van der Waals surface area contributed by atoms with Crippen LogP contribution in [0.15, 0.2) is 41.2 Å². The van der Waals surface area contributed by atoms with Crippen molar-refractivity contribution in [2.75, 3.05) is 0 Å². The number of halogens is 1. The third kappa shape index (κ3) is 2.45. The maximum Gasteiger partial charge on any atom is 0.272 e. The molecule has 2 aromatic rings. The molecule has 0 atom stereocenters. The van der Waals surface area contributed by atoms with E-state index in [9.17, 15) is 9.18 Å². The number of nitrogens with zero attached hydrogens (tertiary/aromatic N) is 1. The van der Waals surface area contributed by atoms with Crippen LogP contribution in [0.2, 0.25) is 0 Å². The topological polar surface area (TPSA) is 45.8 Å². The number of allylic oxidation sites excluding steroid dienone is 2. The molecule has 100 valence electrons. The summed E-state index contributed by atoms with van der Waals surface area (Å²) in [5.41, 5.74) is 3.02. The molecule has 1 aliphatic rings. The van der Waals surface area contributed by atoms with E-state index in [0.717, 1.165) is 23.2 Å². The van der Waals surface area contributed by atoms with E-state index in [4.69, 9.17) is 0 Å². The highest BCUT2D eigenvalue weighted by Gasteiger charge is 2.11. The van der Waals surface area contributed by atoms with Gasteiger partial charge in [-0.1, -0.05) is 36.4 Å². The van der Waals surface area contributed by atoms with Crippen LogP contribution in [0.3, 0.4) is 0 Å². The number of fused-ring (bicyclic) bond motifs is 1. The monoisotopic (exact) mass is 268 g/mol. The zero-order chi connectivity index (χ0) is 13.9. The molecule has 1 N–H and O–H groups in total. The zero-order valence-corrected chi connectivity index (χ0v) is 10.8. The van der Waals surface area contributed by atoms with Crippen molar-refractivity contribution in [3.63, 3.8) is 0 Å². The zero-order valence-electron chi connectivity index (χ0n) is 10.8. The molecule has 0 radical (unpaired) electrons. The summed E-state index contributed by atoms with van der Waals surface area (Å²) >= 11 is 0. The van der Waals surface area contributed by atoms with Crippen LogP contribution in [0.5, 0.6) is 0 Å². The van der Waals surface area contributed by atoms with Gasteiger partial charge in [0.25, 0.3) is 5.56 Å². The Morgan fingerprint density at radius 2 is 1.80 bits per heavy atom. The van der Waals surface area contributed by atoms with Gasteiger partial charge in [-0.25, -0.2) is 9.49 Å². The van der Waals surface area contributed by atoms with Crippen molar-refractivity contribution in [2.45, 2.75) is 12.8 Å². The molecule has 0 aliphatic heterocycles. The molecule has 1 heterocycles. The first-order valence-electron chi connectivity index (χ1n) is 6.43. The third-order valence-corrected chi connectivity index (χ3v) is 3.26. The third-order valence-electron chi connectivity index (χ3n) is 3.26. The quantitative estimate of drug-likeness (QED) is 0.910. The first-order valence-corrected chi connectivity index (χ1v) is 6.43. The minimum absolute atomic E-state index is 0.189. The van der Waals surface area contributed by atoms with E-state index in [1.54, 1.807) is 12.1 Å². The van der Waals surface area contributed by atoms with Crippen LogP contribution in [-0.4, -0.2) is 10.2 Å². The lowest BCUT2D eigenvalue weighted by Crippen LogP contribution is -2.16. The van der Waals surface area contributed by atoms with Crippen molar-refractivity contribution < 1.29 is 4.39 Å². The molecule has 20 heavy (non-hydrogen) atoms. The van der Waals surface area contributed by atoms with Gasteiger partial charge in [-0.2, -0.15) is 5.10 Å². The van der Waals surface area contributed by atoms with Gasteiger partial charge in [-0.3, -0.25) is 4.79 Å². The number of aromatic amines is 1.